The number of carbonyl (C=O) groups is 3. The molecule has 29 heavy (non-hydrogen) atoms. The first-order chi connectivity index (χ1) is 13.9. The van der Waals surface area contributed by atoms with E-state index >= 15 is 0 Å². The van der Waals surface area contributed by atoms with E-state index < -0.39 is 23.9 Å². The molecular weight excluding hydrogens is 372 g/mol. The van der Waals surface area contributed by atoms with E-state index in [1.807, 2.05) is 38.1 Å². The minimum absolute atomic E-state index is 0.332. The van der Waals surface area contributed by atoms with Crippen LogP contribution in [0.5, 0.6) is 5.75 Å². The normalized spacial score (nSPS) is 11.3. The topological polar surface area (TPSA) is 93.7 Å². The molecule has 0 radical (unpaired) electrons. The average molecular weight is 398 g/mol. The molecule has 2 aromatic rings. The summed E-state index contributed by atoms with van der Waals surface area (Å²) in [5.41, 5.74) is 2.48. The molecule has 0 aliphatic rings. The van der Waals surface area contributed by atoms with Crippen molar-refractivity contribution >= 4 is 17.8 Å². The van der Waals surface area contributed by atoms with Gasteiger partial charge in [0.05, 0.1) is 6.61 Å². The number of nitrogens with one attached hydrogen (secondary N) is 2. The highest BCUT2D eigenvalue weighted by Crippen LogP contribution is 2.11. The van der Waals surface area contributed by atoms with E-state index in [0.717, 1.165) is 11.1 Å². The number of aryl methyl sites for hydroxylation is 1. The highest BCUT2D eigenvalue weighted by Gasteiger charge is 2.18. The Morgan fingerprint density at radius 1 is 0.966 bits per heavy atom. The maximum Gasteiger partial charge on any atom is 0.326 e. The van der Waals surface area contributed by atoms with E-state index in [1.165, 1.54) is 6.92 Å². The molecular formula is C22H26N2O5. The second-order valence-corrected chi connectivity index (χ2v) is 6.48. The molecule has 0 spiro atoms. The fourth-order valence-electron chi connectivity index (χ4n) is 2.45. The zero-order valence-electron chi connectivity index (χ0n) is 16.9. The van der Waals surface area contributed by atoms with Gasteiger partial charge in [-0.3, -0.25) is 14.4 Å². The van der Waals surface area contributed by atoms with Crippen LogP contribution in [0, 0.1) is 6.92 Å². The van der Waals surface area contributed by atoms with Crippen molar-refractivity contribution in [3.05, 3.63) is 65.2 Å². The summed E-state index contributed by atoms with van der Waals surface area (Å²) in [5, 5.41) is 5.19. The summed E-state index contributed by atoms with van der Waals surface area (Å²) in [6.07, 6.45) is -0.963. The smallest absolute Gasteiger partial charge is 0.326 e. The number of rotatable bonds is 9. The van der Waals surface area contributed by atoms with Gasteiger partial charge in [-0.05, 0) is 50.6 Å². The van der Waals surface area contributed by atoms with Crippen LogP contribution >= 0.6 is 0 Å². The first kappa shape index (κ1) is 21.9. The minimum atomic E-state index is -0.963. The third-order valence-electron chi connectivity index (χ3n) is 4.09. The quantitative estimate of drug-likeness (QED) is 0.633. The Morgan fingerprint density at radius 3 is 2.24 bits per heavy atom. The average Bonchev–Trinajstić information content (AvgIpc) is 2.72. The van der Waals surface area contributed by atoms with Gasteiger partial charge < -0.3 is 20.1 Å². The fourth-order valence-corrected chi connectivity index (χ4v) is 2.45. The first-order valence-corrected chi connectivity index (χ1v) is 9.43. The Morgan fingerprint density at radius 2 is 1.62 bits per heavy atom. The van der Waals surface area contributed by atoms with Gasteiger partial charge in [0.25, 0.3) is 11.8 Å². The van der Waals surface area contributed by atoms with E-state index in [4.69, 9.17) is 9.47 Å². The molecule has 7 heteroatoms. The SMILES string of the molecule is CCOc1ccc(C(=O)NCC(=O)O[C@@H](C)C(=O)NCc2ccc(C)cc2)cc1. The Hall–Kier alpha value is -3.35. The van der Waals surface area contributed by atoms with Crippen molar-refractivity contribution in [2.75, 3.05) is 13.2 Å². The minimum Gasteiger partial charge on any atom is -0.494 e. The Labute approximate surface area is 170 Å². The van der Waals surface area contributed by atoms with Gasteiger partial charge in [-0.2, -0.15) is 0 Å². The van der Waals surface area contributed by atoms with Gasteiger partial charge in [0.15, 0.2) is 6.10 Å². The molecule has 2 amide bonds. The molecule has 2 aromatic carbocycles. The third kappa shape index (κ3) is 7.29. The second-order valence-electron chi connectivity index (χ2n) is 6.48. The fraction of sp³-hybridized carbons (Fsp3) is 0.318. The molecule has 0 heterocycles. The maximum atomic E-state index is 12.1. The van der Waals surface area contributed by atoms with Gasteiger partial charge in [0.1, 0.15) is 12.3 Å². The van der Waals surface area contributed by atoms with Gasteiger partial charge in [-0.15, -0.1) is 0 Å². The van der Waals surface area contributed by atoms with E-state index in [9.17, 15) is 14.4 Å². The van der Waals surface area contributed by atoms with Crippen LogP contribution in [-0.2, 0) is 20.9 Å². The monoisotopic (exact) mass is 398 g/mol. The molecule has 0 fully saturated rings. The Balaban J connectivity index is 1.73. The largest absolute Gasteiger partial charge is 0.494 e. The lowest BCUT2D eigenvalue weighted by Crippen LogP contribution is -2.38. The molecule has 2 rings (SSSR count). The summed E-state index contributed by atoms with van der Waals surface area (Å²) in [4.78, 5) is 36.1. The highest BCUT2D eigenvalue weighted by atomic mass is 16.5. The van der Waals surface area contributed by atoms with Crippen LogP contribution in [0.3, 0.4) is 0 Å². The van der Waals surface area contributed by atoms with Crippen molar-refractivity contribution in [1.82, 2.24) is 10.6 Å². The first-order valence-electron chi connectivity index (χ1n) is 9.43. The van der Waals surface area contributed by atoms with Crippen molar-refractivity contribution in [3.63, 3.8) is 0 Å². The number of benzene rings is 2. The van der Waals surface area contributed by atoms with Gasteiger partial charge in [-0.1, -0.05) is 29.8 Å². The highest BCUT2D eigenvalue weighted by molar-refractivity contribution is 5.96. The van der Waals surface area contributed by atoms with Crippen LogP contribution in [0.25, 0.3) is 0 Å². The standard InChI is InChI=1S/C22H26N2O5/c1-4-28-19-11-9-18(10-12-19)22(27)24-14-20(25)29-16(3)21(26)23-13-17-7-5-15(2)6-8-17/h5-12,16H,4,13-14H2,1-3H3,(H,23,26)(H,24,27)/t16-/m0/s1. The van der Waals surface area contributed by atoms with Gasteiger partial charge in [0.2, 0.25) is 0 Å². The van der Waals surface area contributed by atoms with E-state index in [1.54, 1.807) is 24.3 Å². The number of amides is 2. The van der Waals surface area contributed by atoms with Crippen molar-refractivity contribution in [2.24, 2.45) is 0 Å². The summed E-state index contributed by atoms with van der Waals surface area (Å²) in [6, 6.07) is 14.3. The Bertz CT molecular complexity index is 831. The van der Waals surface area contributed by atoms with E-state index in [0.29, 0.717) is 24.5 Å². The molecule has 7 nitrogen and oxygen atoms in total. The van der Waals surface area contributed by atoms with Gasteiger partial charge in [-0.25, -0.2) is 0 Å². The predicted molar refractivity (Wildman–Crippen MR) is 109 cm³/mol. The van der Waals surface area contributed by atoms with Crippen LogP contribution in [0.2, 0.25) is 0 Å². The molecule has 0 aliphatic carbocycles. The predicted octanol–water partition coefficient (Wildman–Crippen LogP) is 2.37. The summed E-state index contributed by atoms with van der Waals surface area (Å²) in [5.74, 6) is -0.852. The van der Waals surface area contributed by atoms with E-state index in [2.05, 4.69) is 10.6 Å². The number of ether oxygens (including phenoxy) is 2. The van der Waals surface area contributed by atoms with Crippen molar-refractivity contribution in [2.45, 2.75) is 33.4 Å². The molecule has 0 aliphatic heterocycles. The van der Waals surface area contributed by atoms with Crippen molar-refractivity contribution < 1.29 is 23.9 Å². The molecule has 1 atom stereocenters. The van der Waals surface area contributed by atoms with Crippen LogP contribution in [0.4, 0.5) is 0 Å². The summed E-state index contributed by atoms with van der Waals surface area (Å²) in [7, 11) is 0. The van der Waals surface area contributed by atoms with Gasteiger partial charge >= 0.3 is 5.97 Å². The van der Waals surface area contributed by atoms with Crippen molar-refractivity contribution in [1.29, 1.82) is 0 Å². The van der Waals surface area contributed by atoms with E-state index in [-0.39, 0.29) is 6.54 Å². The van der Waals surface area contributed by atoms with Crippen LogP contribution < -0.4 is 15.4 Å². The zero-order chi connectivity index (χ0) is 21.2. The lowest BCUT2D eigenvalue weighted by Gasteiger charge is -2.14. The number of esters is 1. The summed E-state index contributed by atoms with van der Waals surface area (Å²) < 4.78 is 10.4. The van der Waals surface area contributed by atoms with Crippen LogP contribution in [0.1, 0.15) is 35.3 Å². The molecule has 0 bridgehead atoms. The molecule has 0 saturated heterocycles. The number of hydrogen-bond donors (Lipinski definition) is 2. The van der Waals surface area contributed by atoms with Crippen molar-refractivity contribution in [3.8, 4) is 5.75 Å². The number of carbonyl (C=O) groups excluding carboxylic acids is 3. The summed E-state index contributed by atoms with van der Waals surface area (Å²) in [6.45, 7) is 5.89. The number of hydrogen-bond acceptors (Lipinski definition) is 5. The second kappa shape index (κ2) is 10.8. The molecule has 0 saturated carbocycles. The maximum absolute atomic E-state index is 12.1. The Kier molecular flexibility index (Phi) is 8.21. The molecule has 2 N–H and O–H groups in total. The molecule has 0 unspecified atom stereocenters. The lowest BCUT2D eigenvalue weighted by molar-refractivity contribution is -0.153. The van der Waals surface area contributed by atoms with Gasteiger partial charge in [0, 0.05) is 12.1 Å². The zero-order valence-corrected chi connectivity index (χ0v) is 16.9. The lowest BCUT2D eigenvalue weighted by atomic mass is 10.1. The molecule has 0 aromatic heterocycles. The van der Waals surface area contributed by atoms with Crippen LogP contribution in [-0.4, -0.2) is 37.0 Å². The molecule has 154 valence electrons. The summed E-state index contributed by atoms with van der Waals surface area (Å²) >= 11 is 0. The van der Waals surface area contributed by atoms with Crippen LogP contribution in [0.15, 0.2) is 48.5 Å². The third-order valence-corrected chi connectivity index (χ3v) is 4.09.